The molecule has 1 aromatic rings. The molecule has 18 heavy (non-hydrogen) atoms. The standard InChI is InChI=1S/C14H24N2O2/c1-4-6-13-9-12(11-17)10-14(15-13)16(5-2)7-8-18-3/h9-10,17H,4-8,11H2,1-3H3. The average Bonchev–Trinajstić information content (AvgIpc) is 2.39. The zero-order valence-corrected chi connectivity index (χ0v) is 11.6. The van der Waals surface area contributed by atoms with Crippen molar-refractivity contribution in [2.45, 2.75) is 33.3 Å². The Labute approximate surface area is 110 Å². The molecule has 0 radical (unpaired) electrons. The quantitative estimate of drug-likeness (QED) is 0.768. The highest BCUT2D eigenvalue weighted by Gasteiger charge is 2.08. The van der Waals surface area contributed by atoms with Gasteiger partial charge in [-0.1, -0.05) is 13.3 Å². The van der Waals surface area contributed by atoms with Crippen LogP contribution >= 0.6 is 0 Å². The van der Waals surface area contributed by atoms with E-state index < -0.39 is 0 Å². The molecule has 1 heterocycles. The number of ether oxygens (including phenoxy) is 1. The molecule has 0 aliphatic carbocycles. The number of pyridine rings is 1. The second kappa shape index (κ2) is 8.06. The Morgan fingerprint density at radius 3 is 2.67 bits per heavy atom. The molecule has 4 heteroatoms. The molecule has 0 unspecified atom stereocenters. The first-order valence-corrected chi connectivity index (χ1v) is 6.59. The van der Waals surface area contributed by atoms with Gasteiger partial charge in [-0.2, -0.15) is 0 Å². The fourth-order valence-corrected chi connectivity index (χ4v) is 1.91. The van der Waals surface area contributed by atoms with E-state index in [2.05, 4.69) is 23.7 Å². The molecule has 0 aliphatic heterocycles. The van der Waals surface area contributed by atoms with Crippen LogP contribution in [-0.4, -0.2) is 36.9 Å². The van der Waals surface area contributed by atoms with Crippen LogP contribution in [0.3, 0.4) is 0 Å². The highest BCUT2D eigenvalue weighted by molar-refractivity contribution is 5.42. The zero-order valence-electron chi connectivity index (χ0n) is 11.6. The monoisotopic (exact) mass is 252 g/mol. The fraction of sp³-hybridized carbons (Fsp3) is 0.643. The van der Waals surface area contributed by atoms with Gasteiger partial charge >= 0.3 is 0 Å². The molecule has 0 spiro atoms. The summed E-state index contributed by atoms with van der Waals surface area (Å²) in [5, 5.41) is 9.31. The molecule has 0 saturated heterocycles. The van der Waals surface area contributed by atoms with Crippen LogP contribution in [0.2, 0.25) is 0 Å². The van der Waals surface area contributed by atoms with E-state index in [1.165, 1.54) is 0 Å². The zero-order chi connectivity index (χ0) is 13.4. The molecular weight excluding hydrogens is 228 g/mol. The maximum atomic E-state index is 9.31. The molecule has 0 aliphatic rings. The molecule has 0 bridgehead atoms. The average molecular weight is 252 g/mol. The third-order valence-corrected chi connectivity index (χ3v) is 2.88. The van der Waals surface area contributed by atoms with Gasteiger partial charge in [0.1, 0.15) is 5.82 Å². The van der Waals surface area contributed by atoms with Crippen molar-refractivity contribution < 1.29 is 9.84 Å². The number of hydrogen-bond acceptors (Lipinski definition) is 4. The van der Waals surface area contributed by atoms with Gasteiger partial charge in [0.15, 0.2) is 0 Å². The molecule has 0 fully saturated rings. The van der Waals surface area contributed by atoms with E-state index >= 15 is 0 Å². The number of aromatic nitrogens is 1. The number of aryl methyl sites for hydroxylation is 1. The van der Waals surface area contributed by atoms with Gasteiger partial charge < -0.3 is 14.7 Å². The molecular formula is C14H24N2O2. The third kappa shape index (κ3) is 4.27. The van der Waals surface area contributed by atoms with Gasteiger partial charge in [0.05, 0.1) is 13.2 Å². The van der Waals surface area contributed by atoms with Gasteiger partial charge in [-0.25, -0.2) is 4.98 Å². The Bertz CT molecular complexity index is 356. The highest BCUT2D eigenvalue weighted by atomic mass is 16.5. The minimum Gasteiger partial charge on any atom is -0.392 e. The van der Waals surface area contributed by atoms with Crippen LogP contribution < -0.4 is 4.90 Å². The van der Waals surface area contributed by atoms with Crippen molar-refractivity contribution in [3.8, 4) is 0 Å². The minimum absolute atomic E-state index is 0.0636. The Balaban J connectivity index is 2.93. The van der Waals surface area contributed by atoms with E-state index in [4.69, 9.17) is 4.74 Å². The fourth-order valence-electron chi connectivity index (χ4n) is 1.91. The summed E-state index contributed by atoms with van der Waals surface area (Å²) in [6, 6.07) is 3.94. The largest absolute Gasteiger partial charge is 0.392 e. The lowest BCUT2D eigenvalue weighted by Gasteiger charge is -2.22. The van der Waals surface area contributed by atoms with Crippen LogP contribution in [0.25, 0.3) is 0 Å². The molecule has 1 rings (SSSR count). The van der Waals surface area contributed by atoms with Crippen LogP contribution in [0.5, 0.6) is 0 Å². The first-order chi connectivity index (χ1) is 8.74. The van der Waals surface area contributed by atoms with E-state index in [0.29, 0.717) is 6.61 Å². The van der Waals surface area contributed by atoms with Crippen molar-refractivity contribution in [1.29, 1.82) is 0 Å². The normalized spacial score (nSPS) is 10.7. The van der Waals surface area contributed by atoms with E-state index in [-0.39, 0.29) is 6.61 Å². The van der Waals surface area contributed by atoms with Gasteiger partial charge in [-0.3, -0.25) is 0 Å². The maximum Gasteiger partial charge on any atom is 0.129 e. The summed E-state index contributed by atoms with van der Waals surface area (Å²) in [7, 11) is 1.70. The van der Waals surface area contributed by atoms with Crippen molar-refractivity contribution in [1.82, 2.24) is 4.98 Å². The molecule has 4 nitrogen and oxygen atoms in total. The van der Waals surface area contributed by atoms with Crippen molar-refractivity contribution in [3.63, 3.8) is 0 Å². The van der Waals surface area contributed by atoms with Crippen LogP contribution in [0.1, 0.15) is 31.5 Å². The highest BCUT2D eigenvalue weighted by Crippen LogP contribution is 2.16. The predicted molar refractivity (Wildman–Crippen MR) is 73.9 cm³/mol. The van der Waals surface area contributed by atoms with Crippen molar-refractivity contribution in [2.24, 2.45) is 0 Å². The molecule has 0 saturated carbocycles. The number of anilines is 1. The van der Waals surface area contributed by atoms with Gasteiger partial charge in [-0.15, -0.1) is 0 Å². The molecule has 0 aromatic carbocycles. The van der Waals surface area contributed by atoms with Gasteiger partial charge in [0, 0.05) is 25.9 Å². The molecule has 0 atom stereocenters. The van der Waals surface area contributed by atoms with E-state index in [1.807, 2.05) is 12.1 Å². The maximum absolute atomic E-state index is 9.31. The summed E-state index contributed by atoms with van der Waals surface area (Å²) >= 11 is 0. The van der Waals surface area contributed by atoms with E-state index in [9.17, 15) is 5.11 Å². The van der Waals surface area contributed by atoms with Gasteiger partial charge in [-0.05, 0) is 31.0 Å². The third-order valence-electron chi connectivity index (χ3n) is 2.88. The SMILES string of the molecule is CCCc1cc(CO)cc(N(CC)CCOC)n1. The Morgan fingerprint density at radius 1 is 1.33 bits per heavy atom. The first-order valence-electron chi connectivity index (χ1n) is 6.59. The van der Waals surface area contributed by atoms with Crippen LogP contribution in [0.4, 0.5) is 5.82 Å². The lowest BCUT2D eigenvalue weighted by molar-refractivity contribution is 0.205. The van der Waals surface area contributed by atoms with Crippen molar-refractivity contribution in [3.05, 3.63) is 23.4 Å². The number of hydrogen-bond donors (Lipinski definition) is 1. The van der Waals surface area contributed by atoms with Crippen molar-refractivity contribution >= 4 is 5.82 Å². The van der Waals surface area contributed by atoms with Crippen LogP contribution in [0, 0.1) is 0 Å². The minimum atomic E-state index is 0.0636. The second-order valence-corrected chi connectivity index (χ2v) is 4.31. The second-order valence-electron chi connectivity index (χ2n) is 4.31. The topological polar surface area (TPSA) is 45.6 Å². The lowest BCUT2D eigenvalue weighted by atomic mass is 10.1. The van der Waals surface area contributed by atoms with Crippen LogP contribution in [-0.2, 0) is 17.8 Å². The van der Waals surface area contributed by atoms with Gasteiger partial charge in [0.2, 0.25) is 0 Å². The summed E-state index contributed by atoms with van der Waals surface area (Å²) < 4.78 is 5.11. The van der Waals surface area contributed by atoms with Crippen molar-refractivity contribution in [2.75, 3.05) is 31.7 Å². The Hall–Kier alpha value is -1.13. The molecule has 1 N–H and O–H groups in total. The predicted octanol–water partition coefficient (Wildman–Crippen LogP) is 2.00. The lowest BCUT2D eigenvalue weighted by Crippen LogP contribution is -2.28. The molecule has 0 amide bonds. The number of nitrogens with zero attached hydrogens (tertiary/aromatic N) is 2. The van der Waals surface area contributed by atoms with E-state index in [1.54, 1.807) is 7.11 Å². The summed E-state index contributed by atoms with van der Waals surface area (Å²) in [4.78, 5) is 6.82. The number of methoxy groups -OCH3 is 1. The molecule has 102 valence electrons. The first kappa shape index (κ1) is 14.9. The summed E-state index contributed by atoms with van der Waals surface area (Å²) in [5.41, 5.74) is 1.98. The van der Waals surface area contributed by atoms with Gasteiger partial charge in [0.25, 0.3) is 0 Å². The molecule has 1 aromatic heterocycles. The number of aliphatic hydroxyl groups is 1. The summed E-state index contributed by atoms with van der Waals surface area (Å²) in [6.45, 7) is 6.69. The van der Waals surface area contributed by atoms with E-state index in [0.717, 1.165) is 43.0 Å². The smallest absolute Gasteiger partial charge is 0.129 e. The number of aliphatic hydroxyl groups excluding tert-OH is 1. The summed E-state index contributed by atoms with van der Waals surface area (Å²) in [6.07, 6.45) is 2.01. The Kier molecular flexibility index (Phi) is 6.68. The summed E-state index contributed by atoms with van der Waals surface area (Å²) in [5.74, 6) is 0.935. The number of rotatable bonds is 8. The Morgan fingerprint density at radius 2 is 2.11 bits per heavy atom. The number of likely N-dealkylation sites (N-methyl/N-ethyl adjacent to an activating group) is 1. The van der Waals surface area contributed by atoms with Crippen LogP contribution in [0.15, 0.2) is 12.1 Å².